The standard InChI is InChI=1S/C31H39N5O4/c1-20(23-17-28(37)32-18-23)39-27-16-22(15-26-29(27)36(19-33-26)25-9-10-25)21-5-7-24(8-6-21)34-11-13-35(14-12-34)30(38)40-31(2,3)4/h5-8,15-16,19-20,23,25H,9-14,17-18H2,1-4H3,(H,32,37)/t20-,23?/m1/s1. The van der Waals surface area contributed by atoms with E-state index in [-0.39, 0.29) is 24.0 Å². The molecule has 1 N–H and O–H groups in total. The highest BCUT2D eigenvalue weighted by Gasteiger charge is 2.31. The van der Waals surface area contributed by atoms with Gasteiger partial charge < -0.3 is 29.2 Å². The van der Waals surface area contributed by atoms with Gasteiger partial charge in [-0.2, -0.15) is 0 Å². The molecular weight excluding hydrogens is 506 g/mol. The number of nitrogens with one attached hydrogen (secondary N) is 1. The second-order valence-corrected chi connectivity index (χ2v) is 12.3. The number of carbonyl (C=O) groups excluding carboxylic acids is 2. The molecule has 1 saturated carbocycles. The maximum atomic E-state index is 12.4. The lowest BCUT2D eigenvalue weighted by atomic mass is 10.0. The molecule has 2 aromatic carbocycles. The van der Waals surface area contributed by atoms with Crippen molar-refractivity contribution in [3.05, 3.63) is 42.7 Å². The molecule has 40 heavy (non-hydrogen) atoms. The van der Waals surface area contributed by atoms with E-state index in [1.54, 1.807) is 4.90 Å². The minimum absolute atomic E-state index is 0.0914. The SMILES string of the molecule is C[C@@H](Oc1cc(-c2ccc(N3CCN(C(=O)OC(C)(C)C)CC3)cc2)cc2ncn(C3CC3)c12)C1CNC(=O)C1. The van der Waals surface area contributed by atoms with Gasteiger partial charge in [-0.3, -0.25) is 4.79 Å². The van der Waals surface area contributed by atoms with Gasteiger partial charge in [0.05, 0.1) is 11.8 Å². The zero-order valence-corrected chi connectivity index (χ0v) is 23.9. The van der Waals surface area contributed by atoms with E-state index in [0.29, 0.717) is 32.1 Å². The fourth-order valence-electron chi connectivity index (χ4n) is 5.61. The molecule has 2 saturated heterocycles. The van der Waals surface area contributed by atoms with E-state index in [0.717, 1.165) is 59.5 Å². The van der Waals surface area contributed by atoms with Crippen LogP contribution in [0.15, 0.2) is 42.7 Å². The number of nitrogens with zero attached hydrogens (tertiary/aromatic N) is 4. The largest absolute Gasteiger partial charge is 0.488 e. The maximum absolute atomic E-state index is 12.4. The number of hydrogen-bond acceptors (Lipinski definition) is 6. The van der Waals surface area contributed by atoms with Gasteiger partial charge in [0, 0.05) is 56.8 Å². The molecule has 3 aromatic rings. The normalized spacial score (nSPS) is 20.5. The molecular formula is C31H39N5O4. The second-order valence-electron chi connectivity index (χ2n) is 12.3. The molecule has 3 fully saturated rings. The molecule has 9 heteroatoms. The Labute approximate surface area is 235 Å². The third-order valence-corrected chi connectivity index (χ3v) is 8.06. The molecule has 1 aromatic heterocycles. The number of benzene rings is 2. The van der Waals surface area contributed by atoms with Crippen LogP contribution in [-0.4, -0.2) is 70.9 Å². The number of amides is 2. The van der Waals surface area contributed by atoms with Crippen molar-refractivity contribution < 1.29 is 19.1 Å². The maximum Gasteiger partial charge on any atom is 0.410 e. The molecule has 9 nitrogen and oxygen atoms in total. The number of fused-ring (bicyclic) bond motifs is 1. The summed E-state index contributed by atoms with van der Waals surface area (Å²) in [6, 6.07) is 13.3. The number of anilines is 1. The zero-order chi connectivity index (χ0) is 28.0. The van der Waals surface area contributed by atoms with E-state index in [4.69, 9.17) is 14.5 Å². The highest BCUT2D eigenvalue weighted by molar-refractivity contribution is 5.88. The Balaban J connectivity index is 1.20. The van der Waals surface area contributed by atoms with E-state index >= 15 is 0 Å². The van der Waals surface area contributed by atoms with Crippen molar-refractivity contribution in [3.8, 4) is 16.9 Å². The second kappa shape index (κ2) is 10.3. The number of piperazine rings is 1. The smallest absolute Gasteiger partial charge is 0.410 e. The van der Waals surface area contributed by atoms with Crippen molar-refractivity contribution in [2.75, 3.05) is 37.6 Å². The first-order valence-corrected chi connectivity index (χ1v) is 14.4. The summed E-state index contributed by atoms with van der Waals surface area (Å²) in [5.41, 5.74) is 4.75. The Kier molecular flexibility index (Phi) is 6.84. The summed E-state index contributed by atoms with van der Waals surface area (Å²) < 4.78 is 14.4. The van der Waals surface area contributed by atoms with E-state index in [2.05, 4.69) is 58.1 Å². The Bertz CT molecular complexity index is 1400. The predicted octanol–water partition coefficient (Wildman–Crippen LogP) is 5.00. The summed E-state index contributed by atoms with van der Waals surface area (Å²) >= 11 is 0. The first-order chi connectivity index (χ1) is 19.1. The summed E-state index contributed by atoms with van der Waals surface area (Å²) in [5.74, 6) is 1.07. The number of ether oxygens (including phenoxy) is 2. The zero-order valence-electron chi connectivity index (χ0n) is 23.9. The lowest BCUT2D eigenvalue weighted by Crippen LogP contribution is -2.50. The van der Waals surface area contributed by atoms with E-state index in [1.165, 1.54) is 0 Å². The molecule has 6 rings (SSSR count). The van der Waals surface area contributed by atoms with Crippen molar-refractivity contribution in [1.29, 1.82) is 0 Å². The van der Waals surface area contributed by atoms with Gasteiger partial charge in [-0.1, -0.05) is 12.1 Å². The summed E-state index contributed by atoms with van der Waals surface area (Å²) in [6.45, 7) is 11.2. The fourth-order valence-corrected chi connectivity index (χ4v) is 5.61. The van der Waals surface area contributed by atoms with Gasteiger partial charge in [0.2, 0.25) is 5.91 Å². The lowest BCUT2D eigenvalue weighted by Gasteiger charge is -2.36. The number of carbonyl (C=O) groups is 2. The quantitative estimate of drug-likeness (QED) is 0.469. The van der Waals surface area contributed by atoms with Crippen LogP contribution < -0.4 is 15.0 Å². The molecule has 0 spiro atoms. The molecule has 0 radical (unpaired) electrons. The molecule has 2 aliphatic heterocycles. The first kappa shape index (κ1) is 26.5. The molecule has 1 aliphatic carbocycles. The van der Waals surface area contributed by atoms with E-state index in [9.17, 15) is 9.59 Å². The van der Waals surface area contributed by atoms with Crippen LogP contribution in [0, 0.1) is 5.92 Å². The van der Waals surface area contributed by atoms with Crippen LogP contribution in [-0.2, 0) is 9.53 Å². The average molecular weight is 546 g/mol. The lowest BCUT2D eigenvalue weighted by molar-refractivity contribution is -0.119. The highest BCUT2D eigenvalue weighted by Crippen LogP contribution is 2.42. The van der Waals surface area contributed by atoms with E-state index < -0.39 is 5.60 Å². The van der Waals surface area contributed by atoms with Crippen LogP contribution in [0.1, 0.15) is 53.0 Å². The predicted molar refractivity (Wildman–Crippen MR) is 155 cm³/mol. The minimum atomic E-state index is -0.487. The summed E-state index contributed by atoms with van der Waals surface area (Å²) in [5, 5.41) is 2.93. The number of rotatable bonds is 6. The van der Waals surface area contributed by atoms with Crippen molar-refractivity contribution in [2.45, 2.75) is 64.7 Å². The third-order valence-electron chi connectivity index (χ3n) is 8.06. The Morgan fingerprint density at radius 2 is 1.77 bits per heavy atom. The van der Waals surface area contributed by atoms with Gasteiger partial charge >= 0.3 is 6.09 Å². The number of aromatic nitrogens is 2. The van der Waals surface area contributed by atoms with Crippen LogP contribution in [0.3, 0.4) is 0 Å². The first-order valence-electron chi connectivity index (χ1n) is 14.4. The highest BCUT2D eigenvalue weighted by atomic mass is 16.6. The van der Waals surface area contributed by atoms with Crippen LogP contribution >= 0.6 is 0 Å². The number of imidazole rings is 1. The third kappa shape index (κ3) is 5.60. The Hall–Kier alpha value is -3.75. The molecule has 212 valence electrons. The minimum Gasteiger partial charge on any atom is -0.488 e. The van der Waals surface area contributed by atoms with Gasteiger partial charge in [0.1, 0.15) is 23.0 Å². The van der Waals surface area contributed by atoms with Crippen LogP contribution in [0.4, 0.5) is 10.5 Å². The molecule has 1 unspecified atom stereocenters. The van der Waals surface area contributed by atoms with Crippen LogP contribution in [0.5, 0.6) is 5.75 Å². The van der Waals surface area contributed by atoms with Crippen LogP contribution in [0.25, 0.3) is 22.2 Å². The fraction of sp³-hybridized carbons (Fsp3) is 0.516. The topological polar surface area (TPSA) is 88.9 Å². The molecule has 3 aliphatic rings. The summed E-state index contributed by atoms with van der Waals surface area (Å²) in [6.07, 6.45) is 4.42. The molecule has 2 atom stereocenters. The summed E-state index contributed by atoms with van der Waals surface area (Å²) in [4.78, 5) is 33.1. The number of hydrogen-bond donors (Lipinski definition) is 1. The van der Waals surface area contributed by atoms with Gasteiger partial charge in [-0.05, 0) is 75.9 Å². The summed E-state index contributed by atoms with van der Waals surface area (Å²) in [7, 11) is 0. The average Bonchev–Trinajstić information content (AvgIpc) is 3.52. The van der Waals surface area contributed by atoms with Crippen molar-refractivity contribution >= 4 is 28.7 Å². The van der Waals surface area contributed by atoms with E-state index in [1.807, 2.05) is 27.1 Å². The van der Waals surface area contributed by atoms with Gasteiger partial charge in [0.15, 0.2) is 0 Å². The van der Waals surface area contributed by atoms with Crippen molar-refractivity contribution in [3.63, 3.8) is 0 Å². The Morgan fingerprint density at radius 3 is 2.40 bits per heavy atom. The molecule has 3 heterocycles. The van der Waals surface area contributed by atoms with Gasteiger partial charge in [-0.25, -0.2) is 9.78 Å². The van der Waals surface area contributed by atoms with Crippen molar-refractivity contribution in [1.82, 2.24) is 19.8 Å². The Morgan fingerprint density at radius 1 is 1.05 bits per heavy atom. The van der Waals surface area contributed by atoms with Gasteiger partial charge in [-0.15, -0.1) is 0 Å². The van der Waals surface area contributed by atoms with Gasteiger partial charge in [0.25, 0.3) is 0 Å². The molecule has 2 amide bonds. The van der Waals surface area contributed by atoms with Crippen molar-refractivity contribution in [2.24, 2.45) is 5.92 Å². The van der Waals surface area contributed by atoms with Crippen LogP contribution in [0.2, 0.25) is 0 Å². The molecule has 0 bridgehead atoms. The monoisotopic (exact) mass is 545 g/mol.